The van der Waals surface area contributed by atoms with Crippen LogP contribution in [0.5, 0.6) is 0 Å². The summed E-state index contributed by atoms with van der Waals surface area (Å²) in [5, 5.41) is 2.89. The van der Waals surface area contributed by atoms with Crippen molar-refractivity contribution in [1.82, 2.24) is 5.32 Å². The second-order valence-electron chi connectivity index (χ2n) is 2.30. The molecule has 2 heteroatoms. The van der Waals surface area contributed by atoms with E-state index < -0.39 is 0 Å². The molecular weight excluding hydrogens is 126 g/mol. The summed E-state index contributed by atoms with van der Waals surface area (Å²) >= 11 is 0. The molecule has 0 spiro atoms. The summed E-state index contributed by atoms with van der Waals surface area (Å²) in [4.78, 5) is 11.0. The molecule has 0 aliphatic heterocycles. The molecule has 0 heterocycles. The molecular formula is C8H15NO. The van der Waals surface area contributed by atoms with Crippen molar-refractivity contribution in [3.8, 4) is 0 Å². The molecule has 0 aliphatic rings. The Hall–Kier alpha value is -0.630. The van der Waals surface area contributed by atoms with Gasteiger partial charge in [-0.2, -0.15) is 0 Å². The summed E-state index contributed by atoms with van der Waals surface area (Å²) < 4.78 is 0. The first-order valence-corrected chi connectivity index (χ1v) is 3.53. The molecule has 10 heavy (non-hydrogen) atoms. The molecule has 1 N–H and O–H groups in total. The fourth-order valence-corrected chi connectivity index (χ4v) is 0.622. The maximum absolute atomic E-state index is 11.0. The first-order valence-electron chi connectivity index (χ1n) is 3.53. The van der Waals surface area contributed by atoms with Gasteiger partial charge in [-0.05, 0) is 20.4 Å². The zero-order valence-corrected chi connectivity index (χ0v) is 6.68. The number of allylic oxidation sites excluding steroid dienone is 1. The van der Waals surface area contributed by atoms with Gasteiger partial charge in [0.15, 0.2) is 0 Å². The van der Waals surface area contributed by atoms with Gasteiger partial charge in [-0.15, -0.1) is 6.58 Å². The minimum absolute atomic E-state index is 0.0139. The number of nitrogens with one attached hydrogen (secondary N) is 1. The number of hydrogen-bond acceptors (Lipinski definition) is 2. The molecule has 0 saturated carbocycles. The number of likely N-dealkylation sites (N-methyl/N-ethyl adjacent to an activating group) is 1. The minimum atomic E-state index is -0.0139. The lowest BCUT2D eigenvalue weighted by Crippen LogP contribution is -2.30. The van der Waals surface area contributed by atoms with E-state index in [1.165, 1.54) is 0 Å². The van der Waals surface area contributed by atoms with Gasteiger partial charge in [0, 0.05) is 6.42 Å². The van der Waals surface area contributed by atoms with Crippen molar-refractivity contribution in [1.29, 1.82) is 0 Å². The van der Waals surface area contributed by atoms with Crippen LogP contribution in [-0.4, -0.2) is 18.9 Å². The SMILES string of the molecule is C=CCCC(=O)C(C)NC. The number of Topliss-reactive ketones (excluding diaryl/α,β-unsaturated/α-hetero) is 1. The average molecular weight is 141 g/mol. The largest absolute Gasteiger partial charge is 0.311 e. The standard InChI is InChI=1S/C8H15NO/c1-4-5-6-8(10)7(2)9-3/h4,7,9H,1,5-6H2,2-3H3. The second kappa shape index (κ2) is 5.18. The average Bonchev–Trinajstić information content (AvgIpc) is 1.98. The molecule has 0 aliphatic carbocycles. The van der Waals surface area contributed by atoms with E-state index in [4.69, 9.17) is 0 Å². The number of carbonyl (C=O) groups excluding carboxylic acids is 1. The fraction of sp³-hybridized carbons (Fsp3) is 0.625. The van der Waals surface area contributed by atoms with Gasteiger partial charge in [0.05, 0.1) is 6.04 Å². The van der Waals surface area contributed by atoms with Gasteiger partial charge >= 0.3 is 0 Å². The van der Waals surface area contributed by atoms with E-state index in [1.54, 1.807) is 13.1 Å². The Labute approximate surface area is 62.3 Å². The molecule has 1 atom stereocenters. The van der Waals surface area contributed by atoms with Gasteiger partial charge in [0.1, 0.15) is 5.78 Å². The van der Waals surface area contributed by atoms with E-state index in [1.807, 2.05) is 6.92 Å². The minimum Gasteiger partial charge on any atom is -0.311 e. The first kappa shape index (κ1) is 9.37. The summed E-state index contributed by atoms with van der Waals surface area (Å²) in [6.45, 7) is 5.41. The van der Waals surface area contributed by atoms with Crippen LogP contribution < -0.4 is 5.32 Å². The monoisotopic (exact) mass is 141 g/mol. The third kappa shape index (κ3) is 3.41. The van der Waals surface area contributed by atoms with Crippen LogP contribution in [0.1, 0.15) is 19.8 Å². The summed E-state index contributed by atoms with van der Waals surface area (Å²) in [5.41, 5.74) is 0. The molecule has 0 aromatic carbocycles. The maximum atomic E-state index is 11.0. The highest BCUT2D eigenvalue weighted by Crippen LogP contribution is 1.95. The number of rotatable bonds is 5. The number of carbonyl (C=O) groups is 1. The molecule has 58 valence electrons. The Morgan fingerprint density at radius 3 is 2.80 bits per heavy atom. The summed E-state index contributed by atoms with van der Waals surface area (Å²) in [5.74, 6) is 0.252. The third-order valence-corrected chi connectivity index (χ3v) is 1.51. The summed E-state index contributed by atoms with van der Waals surface area (Å²) in [7, 11) is 1.79. The van der Waals surface area contributed by atoms with Crippen LogP contribution in [0.4, 0.5) is 0 Å². The normalized spacial score (nSPS) is 12.6. The van der Waals surface area contributed by atoms with Crippen LogP contribution in [-0.2, 0) is 4.79 Å². The summed E-state index contributed by atoms with van der Waals surface area (Å²) in [6, 6.07) is -0.0139. The van der Waals surface area contributed by atoms with Gasteiger partial charge < -0.3 is 5.32 Å². The van der Waals surface area contributed by atoms with Crippen LogP contribution in [0.15, 0.2) is 12.7 Å². The Morgan fingerprint density at radius 1 is 1.80 bits per heavy atom. The van der Waals surface area contributed by atoms with Crippen molar-refractivity contribution in [3.05, 3.63) is 12.7 Å². The predicted molar refractivity (Wildman–Crippen MR) is 43.0 cm³/mol. The smallest absolute Gasteiger partial charge is 0.149 e. The van der Waals surface area contributed by atoms with Gasteiger partial charge in [-0.25, -0.2) is 0 Å². The van der Waals surface area contributed by atoms with Crippen molar-refractivity contribution < 1.29 is 4.79 Å². The van der Waals surface area contributed by atoms with E-state index in [2.05, 4.69) is 11.9 Å². The van der Waals surface area contributed by atoms with Crippen molar-refractivity contribution in [2.45, 2.75) is 25.8 Å². The van der Waals surface area contributed by atoms with E-state index in [-0.39, 0.29) is 11.8 Å². The van der Waals surface area contributed by atoms with E-state index in [0.29, 0.717) is 6.42 Å². The Bertz CT molecular complexity index is 120. The van der Waals surface area contributed by atoms with Crippen LogP contribution in [0.2, 0.25) is 0 Å². The highest BCUT2D eigenvalue weighted by Gasteiger charge is 2.07. The lowest BCUT2D eigenvalue weighted by Gasteiger charge is -2.06. The van der Waals surface area contributed by atoms with Gasteiger partial charge in [-0.1, -0.05) is 6.08 Å². The topological polar surface area (TPSA) is 29.1 Å². The van der Waals surface area contributed by atoms with Crippen LogP contribution in [0, 0.1) is 0 Å². The lowest BCUT2D eigenvalue weighted by atomic mass is 10.1. The van der Waals surface area contributed by atoms with Crippen molar-refractivity contribution in [2.75, 3.05) is 7.05 Å². The van der Waals surface area contributed by atoms with Crippen LogP contribution >= 0.6 is 0 Å². The molecule has 2 nitrogen and oxygen atoms in total. The highest BCUT2D eigenvalue weighted by molar-refractivity contribution is 5.83. The van der Waals surface area contributed by atoms with Crippen molar-refractivity contribution in [2.24, 2.45) is 0 Å². The molecule has 0 radical (unpaired) electrons. The van der Waals surface area contributed by atoms with Gasteiger partial charge in [-0.3, -0.25) is 4.79 Å². The van der Waals surface area contributed by atoms with E-state index in [0.717, 1.165) is 6.42 Å². The molecule has 0 rings (SSSR count). The maximum Gasteiger partial charge on any atom is 0.149 e. The Morgan fingerprint density at radius 2 is 2.40 bits per heavy atom. The molecule has 0 amide bonds. The quantitative estimate of drug-likeness (QED) is 0.581. The Kier molecular flexibility index (Phi) is 4.85. The zero-order chi connectivity index (χ0) is 7.98. The third-order valence-electron chi connectivity index (χ3n) is 1.51. The van der Waals surface area contributed by atoms with E-state index >= 15 is 0 Å². The lowest BCUT2D eigenvalue weighted by molar-refractivity contribution is -0.120. The van der Waals surface area contributed by atoms with Gasteiger partial charge in [0.25, 0.3) is 0 Å². The summed E-state index contributed by atoms with van der Waals surface area (Å²) in [6.07, 6.45) is 3.15. The molecule has 0 aromatic rings. The predicted octanol–water partition coefficient (Wildman–Crippen LogP) is 1.13. The van der Waals surface area contributed by atoms with Crippen molar-refractivity contribution in [3.63, 3.8) is 0 Å². The molecule has 1 unspecified atom stereocenters. The highest BCUT2D eigenvalue weighted by atomic mass is 16.1. The first-order chi connectivity index (χ1) is 4.72. The number of ketones is 1. The molecule has 0 bridgehead atoms. The zero-order valence-electron chi connectivity index (χ0n) is 6.68. The Balaban J connectivity index is 3.51. The van der Waals surface area contributed by atoms with Crippen LogP contribution in [0.25, 0.3) is 0 Å². The molecule has 0 saturated heterocycles. The van der Waals surface area contributed by atoms with Crippen molar-refractivity contribution >= 4 is 5.78 Å². The number of hydrogen-bond donors (Lipinski definition) is 1. The van der Waals surface area contributed by atoms with Crippen LogP contribution in [0.3, 0.4) is 0 Å². The second-order valence-corrected chi connectivity index (χ2v) is 2.30. The van der Waals surface area contributed by atoms with Gasteiger partial charge in [0.2, 0.25) is 0 Å². The molecule has 0 aromatic heterocycles. The molecule has 0 fully saturated rings. The fourth-order valence-electron chi connectivity index (χ4n) is 0.622. The van der Waals surface area contributed by atoms with E-state index in [9.17, 15) is 4.79 Å².